The maximum absolute atomic E-state index is 3.61. The van der Waals surface area contributed by atoms with E-state index >= 15 is 0 Å². The summed E-state index contributed by atoms with van der Waals surface area (Å²) in [6, 6.07) is 0.872. The Morgan fingerprint density at radius 3 is 2.68 bits per heavy atom. The maximum atomic E-state index is 3.61. The topological polar surface area (TPSA) is 15.3 Å². The lowest BCUT2D eigenvalue weighted by molar-refractivity contribution is 0.0795. The van der Waals surface area contributed by atoms with Gasteiger partial charge in [-0.1, -0.05) is 26.2 Å². The summed E-state index contributed by atoms with van der Waals surface area (Å²) in [5.41, 5.74) is 0.422. The SMILES string of the molecule is CCC1CCCC(N2CC3CNCC3C2(C)C)CC1. The Morgan fingerprint density at radius 1 is 1.11 bits per heavy atom. The van der Waals surface area contributed by atoms with E-state index < -0.39 is 0 Å². The first-order valence-corrected chi connectivity index (χ1v) is 8.60. The zero-order valence-electron chi connectivity index (χ0n) is 13.1. The van der Waals surface area contributed by atoms with Gasteiger partial charge < -0.3 is 5.32 Å². The van der Waals surface area contributed by atoms with E-state index in [9.17, 15) is 0 Å². The van der Waals surface area contributed by atoms with E-state index in [1.165, 1.54) is 58.2 Å². The van der Waals surface area contributed by atoms with Gasteiger partial charge in [0, 0.05) is 24.7 Å². The second-order valence-electron chi connectivity index (χ2n) is 7.77. The molecule has 1 N–H and O–H groups in total. The zero-order valence-corrected chi connectivity index (χ0v) is 13.1. The number of likely N-dealkylation sites (tertiary alicyclic amines) is 1. The van der Waals surface area contributed by atoms with E-state index in [-0.39, 0.29) is 0 Å². The van der Waals surface area contributed by atoms with E-state index in [1.807, 2.05) is 0 Å². The van der Waals surface area contributed by atoms with E-state index in [0.717, 1.165) is 23.8 Å². The molecule has 110 valence electrons. The number of hydrogen-bond acceptors (Lipinski definition) is 2. The van der Waals surface area contributed by atoms with Gasteiger partial charge in [0.05, 0.1) is 0 Å². The zero-order chi connectivity index (χ0) is 13.5. The van der Waals surface area contributed by atoms with Crippen molar-refractivity contribution >= 4 is 0 Å². The number of fused-ring (bicyclic) bond motifs is 1. The van der Waals surface area contributed by atoms with Crippen molar-refractivity contribution in [3.8, 4) is 0 Å². The molecule has 4 unspecified atom stereocenters. The Morgan fingerprint density at radius 2 is 1.95 bits per heavy atom. The van der Waals surface area contributed by atoms with Gasteiger partial charge in [-0.05, 0) is 57.4 Å². The first-order chi connectivity index (χ1) is 9.13. The molecular formula is C17H32N2. The summed E-state index contributed by atoms with van der Waals surface area (Å²) < 4.78 is 0. The Balaban J connectivity index is 1.68. The minimum Gasteiger partial charge on any atom is -0.316 e. The molecule has 3 aliphatic rings. The van der Waals surface area contributed by atoms with Gasteiger partial charge in [0.1, 0.15) is 0 Å². The van der Waals surface area contributed by atoms with Gasteiger partial charge in [-0.15, -0.1) is 0 Å². The third-order valence-corrected chi connectivity index (χ3v) is 6.49. The Labute approximate surface area is 119 Å². The molecule has 0 aromatic heterocycles. The fraction of sp³-hybridized carbons (Fsp3) is 1.00. The molecule has 2 heteroatoms. The van der Waals surface area contributed by atoms with Gasteiger partial charge in [0.25, 0.3) is 0 Å². The van der Waals surface area contributed by atoms with Crippen molar-refractivity contribution in [1.82, 2.24) is 10.2 Å². The van der Waals surface area contributed by atoms with Crippen LogP contribution in [0.4, 0.5) is 0 Å². The van der Waals surface area contributed by atoms with Crippen molar-refractivity contribution in [3.63, 3.8) is 0 Å². The molecule has 0 bridgehead atoms. The lowest BCUT2D eigenvalue weighted by Crippen LogP contribution is -2.49. The first-order valence-electron chi connectivity index (χ1n) is 8.60. The van der Waals surface area contributed by atoms with Crippen molar-refractivity contribution in [2.24, 2.45) is 17.8 Å². The van der Waals surface area contributed by atoms with Gasteiger partial charge in [-0.2, -0.15) is 0 Å². The van der Waals surface area contributed by atoms with Crippen LogP contribution < -0.4 is 5.32 Å². The molecule has 1 aliphatic carbocycles. The van der Waals surface area contributed by atoms with Crippen LogP contribution in [0.5, 0.6) is 0 Å². The number of nitrogens with zero attached hydrogens (tertiary/aromatic N) is 1. The molecule has 2 heterocycles. The highest BCUT2D eigenvalue weighted by molar-refractivity contribution is 5.06. The molecule has 0 aromatic rings. The number of hydrogen-bond donors (Lipinski definition) is 1. The van der Waals surface area contributed by atoms with Gasteiger partial charge in [-0.3, -0.25) is 4.90 Å². The third kappa shape index (κ3) is 2.47. The molecule has 2 nitrogen and oxygen atoms in total. The molecule has 2 aliphatic heterocycles. The molecule has 0 spiro atoms. The molecule has 1 saturated carbocycles. The Kier molecular flexibility index (Phi) is 3.92. The van der Waals surface area contributed by atoms with E-state index in [1.54, 1.807) is 0 Å². The van der Waals surface area contributed by atoms with Crippen LogP contribution >= 0.6 is 0 Å². The maximum Gasteiger partial charge on any atom is 0.0200 e. The Bertz CT molecular complexity index is 312. The minimum atomic E-state index is 0.422. The molecule has 0 radical (unpaired) electrons. The van der Waals surface area contributed by atoms with Crippen LogP contribution in [-0.2, 0) is 0 Å². The van der Waals surface area contributed by atoms with E-state index in [4.69, 9.17) is 0 Å². The van der Waals surface area contributed by atoms with Gasteiger partial charge in [0.2, 0.25) is 0 Å². The highest BCUT2D eigenvalue weighted by Crippen LogP contribution is 2.44. The minimum absolute atomic E-state index is 0.422. The van der Waals surface area contributed by atoms with Crippen LogP contribution in [0.15, 0.2) is 0 Å². The van der Waals surface area contributed by atoms with Crippen LogP contribution in [0.2, 0.25) is 0 Å². The summed E-state index contributed by atoms with van der Waals surface area (Å²) in [6.45, 7) is 11.3. The number of rotatable bonds is 2. The summed E-state index contributed by atoms with van der Waals surface area (Å²) >= 11 is 0. The predicted octanol–water partition coefficient (Wildman–Crippen LogP) is 3.28. The smallest absolute Gasteiger partial charge is 0.0200 e. The van der Waals surface area contributed by atoms with Gasteiger partial charge in [-0.25, -0.2) is 0 Å². The van der Waals surface area contributed by atoms with Crippen molar-refractivity contribution in [1.29, 1.82) is 0 Å². The molecule has 0 amide bonds. The second kappa shape index (κ2) is 5.37. The van der Waals surface area contributed by atoms with Crippen LogP contribution in [0.25, 0.3) is 0 Å². The van der Waals surface area contributed by atoms with Gasteiger partial charge >= 0.3 is 0 Å². The van der Waals surface area contributed by atoms with E-state index in [2.05, 4.69) is 31.0 Å². The summed E-state index contributed by atoms with van der Waals surface area (Å²) in [4.78, 5) is 2.90. The molecule has 4 atom stereocenters. The monoisotopic (exact) mass is 264 g/mol. The van der Waals surface area contributed by atoms with Crippen molar-refractivity contribution in [3.05, 3.63) is 0 Å². The molecule has 3 fully saturated rings. The molecule has 3 rings (SSSR count). The largest absolute Gasteiger partial charge is 0.316 e. The van der Waals surface area contributed by atoms with E-state index in [0.29, 0.717) is 5.54 Å². The fourth-order valence-electron chi connectivity index (χ4n) is 5.15. The highest BCUT2D eigenvalue weighted by atomic mass is 15.3. The first kappa shape index (κ1) is 13.9. The average Bonchev–Trinajstić information content (AvgIpc) is 2.85. The molecular weight excluding hydrogens is 232 g/mol. The Hall–Kier alpha value is -0.0800. The predicted molar refractivity (Wildman–Crippen MR) is 81.3 cm³/mol. The normalized spacial score (nSPS) is 43.1. The molecule has 2 saturated heterocycles. The van der Waals surface area contributed by atoms with Crippen LogP contribution in [0, 0.1) is 17.8 Å². The van der Waals surface area contributed by atoms with Crippen LogP contribution in [0.1, 0.15) is 59.3 Å². The van der Waals surface area contributed by atoms with Gasteiger partial charge in [0.15, 0.2) is 0 Å². The highest BCUT2D eigenvalue weighted by Gasteiger charge is 2.51. The molecule has 19 heavy (non-hydrogen) atoms. The summed E-state index contributed by atoms with van der Waals surface area (Å²) in [5.74, 6) is 2.81. The summed E-state index contributed by atoms with van der Waals surface area (Å²) in [6.07, 6.45) is 8.72. The lowest BCUT2D eigenvalue weighted by atomic mass is 9.84. The summed E-state index contributed by atoms with van der Waals surface area (Å²) in [7, 11) is 0. The van der Waals surface area contributed by atoms with Crippen LogP contribution in [0.3, 0.4) is 0 Å². The quantitative estimate of drug-likeness (QED) is 0.770. The molecule has 0 aromatic carbocycles. The summed E-state index contributed by atoms with van der Waals surface area (Å²) in [5, 5.41) is 3.61. The van der Waals surface area contributed by atoms with Crippen molar-refractivity contribution < 1.29 is 0 Å². The fourth-order valence-corrected chi connectivity index (χ4v) is 5.15. The van der Waals surface area contributed by atoms with Crippen molar-refractivity contribution in [2.45, 2.75) is 70.9 Å². The lowest BCUT2D eigenvalue weighted by Gasteiger charge is -2.41. The van der Waals surface area contributed by atoms with Crippen molar-refractivity contribution in [2.75, 3.05) is 19.6 Å². The second-order valence-corrected chi connectivity index (χ2v) is 7.77. The third-order valence-electron chi connectivity index (χ3n) is 6.49. The van der Waals surface area contributed by atoms with Crippen LogP contribution in [-0.4, -0.2) is 36.1 Å². The standard InChI is InChI=1S/C17H32N2/c1-4-13-6-5-7-15(9-8-13)19-12-14-10-18-11-16(14)17(19,2)3/h13-16,18H,4-12H2,1-3H3. The average molecular weight is 264 g/mol. The number of nitrogens with one attached hydrogen (secondary N) is 1.